The van der Waals surface area contributed by atoms with E-state index in [4.69, 9.17) is 0 Å². The van der Waals surface area contributed by atoms with Crippen molar-refractivity contribution >= 4 is 11.8 Å². The first-order valence-electron chi connectivity index (χ1n) is 5.78. The fourth-order valence-electron chi connectivity index (χ4n) is 2.25. The minimum absolute atomic E-state index is 0.243. The van der Waals surface area contributed by atoms with Crippen LogP contribution in [-0.4, -0.2) is 39.3 Å². The molecule has 0 bridgehead atoms. The number of hydrogen-bond donors (Lipinski definition) is 2. The lowest BCUT2D eigenvalue weighted by Gasteiger charge is -2.30. The summed E-state index contributed by atoms with van der Waals surface area (Å²) in [6, 6.07) is 5.55. The van der Waals surface area contributed by atoms with Gasteiger partial charge >= 0.3 is 0 Å². The molecule has 2 N–H and O–H groups in total. The number of carbonyl (C=O) groups is 2. The fourth-order valence-corrected chi connectivity index (χ4v) is 2.25. The average Bonchev–Trinajstić information content (AvgIpc) is 2.55. The molecule has 1 aromatic carbocycles. The molecule has 2 rings (SSSR count). The lowest BCUT2D eigenvalue weighted by molar-refractivity contribution is -0.0978. The number of carbonyl (C=O) groups excluding carboxylic acids is 2. The van der Waals surface area contributed by atoms with Crippen molar-refractivity contribution in [1.82, 2.24) is 4.90 Å². The Hall–Kier alpha value is -1.72. The zero-order valence-electron chi connectivity index (χ0n) is 10.2. The molecule has 1 unspecified atom stereocenters. The van der Waals surface area contributed by atoms with Crippen LogP contribution in [0.2, 0.25) is 0 Å². The molecule has 0 aliphatic carbocycles. The van der Waals surface area contributed by atoms with Crippen LogP contribution in [-0.2, 0) is 0 Å². The normalized spacial score (nSPS) is 16.7. The van der Waals surface area contributed by atoms with Gasteiger partial charge in [0.15, 0.2) is 6.29 Å². The van der Waals surface area contributed by atoms with Gasteiger partial charge in [-0.3, -0.25) is 14.5 Å². The van der Waals surface area contributed by atoms with Gasteiger partial charge in [0.1, 0.15) is 0 Å². The highest BCUT2D eigenvalue weighted by atomic mass is 16.5. The summed E-state index contributed by atoms with van der Waals surface area (Å²) in [6.07, 6.45) is -1.74. The van der Waals surface area contributed by atoms with Crippen LogP contribution in [0.5, 0.6) is 0 Å². The third kappa shape index (κ3) is 1.81. The zero-order valence-corrected chi connectivity index (χ0v) is 10.2. The number of aliphatic hydroxyl groups excluding tert-OH is 1. The van der Waals surface area contributed by atoms with E-state index in [-0.39, 0.29) is 5.92 Å². The van der Waals surface area contributed by atoms with Gasteiger partial charge < -0.3 is 10.2 Å². The molecule has 96 valence electrons. The van der Waals surface area contributed by atoms with Crippen molar-refractivity contribution in [2.75, 3.05) is 0 Å². The van der Waals surface area contributed by atoms with Crippen LogP contribution in [0.3, 0.4) is 0 Å². The predicted molar refractivity (Wildman–Crippen MR) is 63.8 cm³/mol. The molecule has 1 aliphatic heterocycles. The first-order valence-corrected chi connectivity index (χ1v) is 5.78. The second-order valence-electron chi connectivity index (χ2n) is 4.67. The van der Waals surface area contributed by atoms with E-state index < -0.39 is 24.1 Å². The quantitative estimate of drug-likeness (QED) is 0.608. The Labute approximate surface area is 105 Å². The van der Waals surface area contributed by atoms with Crippen molar-refractivity contribution < 1.29 is 19.8 Å². The molecule has 0 saturated carbocycles. The lowest BCUT2D eigenvalue weighted by atomic mass is 10.0. The first-order chi connectivity index (χ1) is 8.45. The van der Waals surface area contributed by atoms with E-state index in [1.54, 1.807) is 38.1 Å². The average molecular weight is 249 g/mol. The summed E-state index contributed by atoms with van der Waals surface area (Å²) < 4.78 is 0. The SMILES string of the molecule is CC(C)C(C(O)O)N1C(=O)c2ccccc2C1=O. The number of fused-ring (bicyclic) bond motifs is 1. The maximum absolute atomic E-state index is 12.1. The molecule has 0 fully saturated rings. The number of amides is 2. The molecule has 0 saturated heterocycles. The number of hydrogen-bond acceptors (Lipinski definition) is 4. The van der Waals surface area contributed by atoms with E-state index in [9.17, 15) is 19.8 Å². The van der Waals surface area contributed by atoms with Gasteiger partial charge in [0.2, 0.25) is 0 Å². The molecule has 18 heavy (non-hydrogen) atoms. The maximum Gasteiger partial charge on any atom is 0.261 e. The van der Waals surface area contributed by atoms with Crippen LogP contribution in [0.25, 0.3) is 0 Å². The second kappa shape index (κ2) is 4.51. The van der Waals surface area contributed by atoms with E-state index >= 15 is 0 Å². The van der Waals surface area contributed by atoms with Gasteiger partial charge in [0.25, 0.3) is 11.8 Å². The molecule has 1 aromatic rings. The molecule has 0 aromatic heterocycles. The van der Waals surface area contributed by atoms with Crippen molar-refractivity contribution in [3.63, 3.8) is 0 Å². The summed E-state index contributed by atoms with van der Waals surface area (Å²) in [5, 5.41) is 18.7. The van der Waals surface area contributed by atoms with Crippen LogP contribution in [0, 0.1) is 5.92 Å². The molecule has 1 aliphatic rings. The predicted octanol–water partition coefficient (Wildman–Crippen LogP) is 0.618. The second-order valence-corrected chi connectivity index (χ2v) is 4.67. The third-order valence-electron chi connectivity index (χ3n) is 3.11. The fraction of sp³-hybridized carbons (Fsp3) is 0.385. The van der Waals surface area contributed by atoms with Gasteiger partial charge in [-0.2, -0.15) is 0 Å². The number of imide groups is 1. The van der Waals surface area contributed by atoms with Crippen molar-refractivity contribution in [1.29, 1.82) is 0 Å². The molecular weight excluding hydrogens is 234 g/mol. The molecule has 0 radical (unpaired) electrons. The van der Waals surface area contributed by atoms with Gasteiger partial charge in [-0.05, 0) is 18.1 Å². The van der Waals surface area contributed by atoms with Crippen molar-refractivity contribution in [3.05, 3.63) is 35.4 Å². The van der Waals surface area contributed by atoms with Gasteiger partial charge in [-0.25, -0.2) is 0 Å². The summed E-state index contributed by atoms with van der Waals surface area (Å²) in [4.78, 5) is 25.2. The van der Waals surface area contributed by atoms with Crippen LogP contribution < -0.4 is 0 Å². The molecule has 2 amide bonds. The Balaban J connectivity index is 2.44. The van der Waals surface area contributed by atoms with Crippen LogP contribution in [0.15, 0.2) is 24.3 Å². The minimum Gasteiger partial charge on any atom is -0.366 e. The van der Waals surface area contributed by atoms with E-state index in [1.165, 1.54) is 0 Å². The largest absolute Gasteiger partial charge is 0.366 e. The van der Waals surface area contributed by atoms with Crippen molar-refractivity contribution in [2.45, 2.75) is 26.2 Å². The summed E-state index contributed by atoms with van der Waals surface area (Å²) >= 11 is 0. The van der Waals surface area contributed by atoms with Crippen LogP contribution in [0.4, 0.5) is 0 Å². The zero-order chi connectivity index (χ0) is 13.4. The van der Waals surface area contributed by atoms with Crippen LogP contribution >= 0.6 is 0 Å². The highest BCUT2D eigenvalue weighted by Gasteiger charge is 2.43. The van der Waals surface area contributed by atoms with Gasteiger partial charge in [-0.15, -0.1) is 0 Å². The Morgan fingerprint density at radius 3 is 1.78 bits per heavy atom. The topological polar surface area (TPSA) is 77.8 Å². The van der Waals surface area contributed by atoms with E-state index in [0.29, 0.717) is 11.1 Å². The van der Waals surface area contributed by atoms with E-state index in [2.05, 4.69) is 0 Å². The van der Waals surface area contributed by atoms with Crippen LogP contribution in [0.1, 0.15) is 34.6 Å². The Bertz CT molecular complexity index is 453. The summed E-state index contributed by atoms with van der Waals surface area (Å²) in [6.45, 7) is 3.46. The van der Waals surface area contributed by atoms with E-state index in [0.717, 1.165) is 4.90 Å². The lowest BCUT2D eigenvalue weighted by Crippen LogP contribution is -2.49. The molecule has 0 spiro atoms. The maximum atomic E-state index is 12.1. The smallest absolute Gasteiger partial charge is 0.261 e. The molecule has 1 atom stereocenters. The van der Waals surface area contributed by atoms with Gasteiger partial charge in [0.05, 0.1) is 17.2 Å². The van der Waals surface area contributed by atoms with Crippen molar-refractivity contribution in [3.8, 4) is 0 Å². The Kier molecular flexibility index (Phi) is 3.19. The monoisotopic (exact) mass is 249 g/mol. The Morgan fingerprint density at radius 2 is 1.44 bits per heavy atom. The first kappa shape index (κ1) is 12.7. The summed E-state index contributed by atoms with van der Waals surface area (Å²) in [5.74, 6) is -1.18. The number of rotatable bonds is 3. The molecule has 5 nitrogen and oxygen atoms in total. The highest BCUT2D eigenvalue weighted by molar-refractivity contribution is 6.21. The van der Waals surface area contributed by atoms with E-state index in [1.807, 2.05) is 0 Å². The highest BCUT2D eigenvalue weighted by Crippen LogP contribution is 2.27. The number of aliphatic hydroxyl groups is 2. The minimum atomic E-state index is -1.74. The third-order valence-corrected chi connectivity index (χ3v) is 3.11. The van der Waals surface area contributed by atoms with Crippen molar-refractivity contribution in [2.24, 2.45) is 5.92 Å². The standard InChI is InChI=1S/C13H15NO4/c1-7(2)10(13(17)18)14-11(15)8-5-3-4-6-9(8)12(14)16/h3-7,10,13,17-18H,1-2H3. The molecular formula is C13H15NO4. The summed E-state index contributed by atoms with van der Waals surface area (Å²) in [5.41, 5.74) is 0.627. The number of nitrogens with zero attached hydrogens (tertiary/aromatic N) is 1. The number of benzene rings is 1. The van der Waals surface area contributed by atoms with Gasteiger partial charge in [-0.1, -0.05) is 26.0 Å². The van der Waals surface area contributed by atoms with Gasteiger partial charge in [0, 0.05) is 0 Å². The molecule has 5 heteroatoms. The summed E-state index contributed by atoms with van der Waals surface area (Å²) in [7, 11) is 0. The Morgan fingerprint density at radius 1 is 1.00 bits per heavy atom. The molecule has 1 heterocycles.